The van der Waals surface area contributed by atoms with E-state index in [1.165, 1.54) is 263 Å². The molecule has 0 aromatic rings. The molecule has 0 fully saturated rings. The quantitative estimate of drug-likeness (QED) is 0.0343. The van der Waals surface area contributed by atoms with Crippen molar-refractivity contribution in [1.82, 2.24) is 0 Å². The number of rotatable bonds is 58. The van der Waals surface area contributed by atoms with Crippen LogP contribution >= 0.6 is 0 Å². The van der Waals surface area contributed by atoms with Gasteiger partial charge in [-0.3, -0.25) is 14.4 Å². The second-order valence-electron chi connectivity index (χ2n) is 21.3. The molecule has 0 radical (unpaired) electrons. The Kier molecular flexibility index (Phi) is 56.6. The van der Waals surface area contributed by atoms with Crippen molar-refractivity contribution < 1.29 is 28.6 Å². The topological polar surface area (TPSA) is 78.9 Å². The summed E-state index contributed by atoms with van der Waals surface area (Å²) in [6, 6.07) is 0. The van der Waals surface area contributed by atoms with E-state index in [0.29, 0.717) is 19.3 Å². The lowest BCUT2D eigenvalue weighted by Crippen LogP contribution is -2.30. The highest BCUT2D eigenvalue weighted by molar-refractivity contribution is 5.71. The van der Waals surface area contributed by atoms with Crippen LogP contribution in [0.4, 0.5) is 0 Å². The summed E-state index contributed by atoms with van der Waals surface area (Å²) in [5.74, 6) is -0.829. The van der Waals surface area contributed by atoms with Crippen molar-refractivity contribution >= 4 is 17.9 Å². The number of carbonyl (C=O) groups is 3. The van der Waals surface area contributed by atoms with Crippen molar-refractivity contribution in [2.75, 3.05) is 13.2 Å². The molecular formula is C62H120O6. The van der Waals surface area contributed by atoms with Crippen LogP contribution in [0.2, 0.25) is 0 Å². The molecule has 0 aromatic carbocycles. The lowest BCUT2D eigenvalue weighted by atomic mass is 10.0. The normalized spacial score (nSPS) is 11.9. The highest BCUT2D eigenvalue weighted by Gasteiger charge is 2.19. The van der Waals surface area contributed by atoms with E-state index >= 15 is 0 Å². The van der Waals surface area contributed by atoms with Crippen molar-refractivity contribution in [1.29, 1.82) is 0 Å². The van der Waals surface area contributed by atoms with Crippen LogP contribution in [0, 0.1) is 0 Å². The Morgan fingerprint density at radius 2 is 0.397 bits per heavy atom. The molecular weight excluding hydrogens is 841 g/mol. The Labute approximate surface area is 425 Å². The number of ether oxygens (including phenoxy) is 3. The molecule has 0 rings (SSSR count). The monoisotopic (exact) mass is 961 g/mol. The van der Waals surface area contributed by atoms with Gasteiger partial charge in [0.1, 0.15) is 13.2 Å². The second kappa shape index (κ2) is 58.0. The Hall–Kier alpha value is -1.59. The molecule has 0 bridgehead atoms. The molecule has 0 aliphatic carbocycles. The highest BCUT2D eigenvalue weighted by Crippen LogP contribution is 2.18. The first-order valence-electron chi connectivity index (χ1n) is 31.0. The zero-order valence-electron chi connectivity index (χ0n) is 46.4. The van der Waals surface area contributed by atoms with Crippen LogP contribution in [0.25, 0.3) is 0 Å². The van der Waals surface area contributed by atoms with Gasteiger partial charge >= 0.3 is 17.9 Å². The van der Waals surface area contributed by atoms with Gasteiger partial charge in [-0.15, -0.1) is 0 Å². The van der Waals surface area contributed by atoms with E-state index in [1.807, 2.05) is 0 Å². The predicted molar refractivity (Wildman–Crippen MR) is 294 cm³/mol. The molecule has 1 unspecified atom stereocenters. The van der Waals surface area contributed by atoms with Gasteiger partial charge in [-0.05, 0) is 19.3 Å². The average Bonchev–Trinajstić information content (AvgIpc) is 3.34. The number of carbonyl (C=O) groups excluding carboxylic acids is 3. The van der Waals surface area contributed by atoms with Gasteiger partial charge in [0, 0.05) is 19.3 Å². The van der Waals surface area contributed by atoms with E-state index in [9.17, 15) is 14.4 Å². The van der Waals surface area contributed by atoms with Crippen LogP contribution in [0.1, 0.15) is 361 Å². The fourth-order valence-electron chi connectivity index (χ4n) is 9.68. The molecule has 0 saturated heterocycles. The fraction of sp³-hybridized carbons (Fsp3) is 0.952. The number of unbranched alkanes of at least 4 members (excludes halogenated alkanes) is 47. The fourth-order valence-corrected chi connectivity index (χ4v) is 9.68. The molecule has 6 nitrogen and oxygen atoms in total. The van der Waals surface area contributed by atoms with Gasteiger partial charge in [-0.2, -0.15) is 0 Å². The van der Waals surface area contributed by atoms with Gasteiger partial charge in [-0.1, -0.05) is 323 Å². The molecule has 0 heterocycles. The zero-order chi connectivity index (χ0) is 49.3. The van der Waals surface area contributed by atoms with Crippen molar-refractivity contribution in [2.24, 2.45) is 0 Å². The standard InChI is InChI=1S/C62H120O6/c1-4-7-10-13-16-19-22-25-27-29-30-31-32-34-36-38-41-43-46-49-52-55-61(64)67-58-59(68-62(65)56-53-50-47-44-39-24-21-18-15-12-9-6-3)57-66-60(63)54-51-48-45-42-40-37-35-33-28-26-23-20-17-14-11-8-5-2/h59H,4-58H2,1-3H3. The number of hydrogen-bond acceptors (Lipinski definition) is 6. The van der Waals surface area contributed by atoms with Gasteiger partial charge in [0.05, 0.1) is 0 Å². The van der Waals surface area contributed by atoms with Gasteiger partial charge in [0.15, 0.2) is 6.10 Å². The molecule has 0 aromatic heterocycles. The van der Waals surface area contributed by atoms with E-state index in [0.717, 1.165) is 57.8 Å². The van der Waals surface area contributed by atoms with Gasteiger partial charge in [0.2, 0.25) is 0 Å². The summed E-state index contributed by atoms with van der Waals surface area (Å²) in [6.45, 7) is 6.72. The maximum atomic E-state index is 12.8. The van der Waals surface area contributed by atoms with Crippen LogP contribution in [0.15, 0.2) is 0 Å². The molecule has 0 saturated carbocycles. The SMILES string of the molecule is CCCCCCCCCCCCCCCCCCCCCCCC(=O)OCC(COC(=O)CCCCCCCCCCCCCCCCCCC)OC(=O)CCCCCCCCCCCCCC. The van der Waals surface area contributed by atoms with E-state index in [2.05, 4.69) is 20.8 Å². The van der Waals surface area contributed by atoms with Crippen LogP contribution in [-0.4, -0.2) is 37.2 Å². The second-order valence-corrected chi connectivity index (χ2v) is 21.3. The first kappa shape index (κ1) is 66.4. The van der Waals surface area contributed by atoms with E-state index in [1.54, 1.807) is 0 Å². The molecule has 6 heteroatoms. The van der Waals surface area contributed by atoms with E-state index in [4.69, 9.17) is 14.2 Å². The molecule has 404 valence electrons. The Morgan fingerprint density at radius 1 is 0.235 bits per heavy atom. The average molecular weight is 962 g/mol. The maximum Gasteiger partial charge on any atom is 0.306 e. The predicted octanol–water partition coefficient (Wildman–Crippen LogP) is 20.7. The van der Waals surface area contributed by atoms with Crippen molar-refractivity contribution in [3.05, 3.63) is 0 Å². The minimum absolute atomic E-state index is 0.0608. The van der Waals surface area contributed by atoms with Crippen molar-refractivity contribution in [2.45, 2.75) is 367 Å². The van der Waals surface area contributed by atoms with Crippen LogP contribution in [0.5, 0.6) is 0 Å². The third-order valence-electron chi connectivity index (χ3n) is 14.4. The third-order valence-corrected chi connectivity index (χ3v) is 14.4. The largest absolute Gasteiger partial charge is 0.462 e. The first-order valence-corrected chi connectivity index (χ1v) is 31.0. The van der Waals surface area contributed by atoms with Crippen molar-refractivity contribution in [3.8, 4) is 0 Å². The first-order chi connectivity index (χ1) is 33.5. The van der Waals surface area contributed by atoms with E-state index in [-0.39, 0.29) is 31.1 Å². The van der Waals surface area contributed by atoms with E-state index < -0.39 is 6.10 Å². The van der Waals surface area contributed by atoms with Gasteiger partial charge in [0.25, 0.3) is 0 Å². The third kappa shape index (κ3) is 55.3. The highest BCUT2D eigenvalue weighted by atomic mass is 16.6. The summed E-state index contributed by atoms with van der Waals surface area (Å²) in [5, 5.41) is 0. The lowest BCUT2D eigenvalue weighted by Gasteiger charge is -2.18. The minimum atomic E-state index is -0.761. The molecule has 0 spiro atoms. The summed E-state index contributed by atoms with van der Waals surface area (Å²) in [6.07, 6.45) is 65.3. The molecule has 0 N–H and O–H groups in total. The van der Waals surface area contributed by atoms with Crippen LogP contribution in [-0.2, 0) is 28.6 Å². The minimum Gasteiger partial charge on any atom is -0.462 e. The Balaban J connectivity index is 4.21. The number of esters is 3. The van der Waals surface area contributed by atoms with Crippen LogP contribution in [0.3, 0.4) is 0 Å². The zero-order valence-corrected chi connectivity index (χ0v) is 46.4. The maximum absolute atomic E-state index is 12.8. The summed E-state index contributed by atoms with van der Waals surface area (Å²) >= 11 is 0. The molecule has 0 aliphatic rings. The van der Waals surface area contributed by atoms with Crippen molar-refractivity contribution in [3.63, 3.8) is 0 Å². The summed E-state index contributed by atoms with van der Waals surface area (Å²) in [4.78, 5) is 38.2. The lowest BCUT2D eigenvalue weighted by molar-refractivity contribution is -0.167. The smallest absolute Gasteiger partial charge is 0.306 e. The van der Waals surface area contributed by atoms with Gasteiger partial charge in [-0.25, -0.2) is 0 Å². The molecule has 68 heavy (non-hydrogen) atoms. The molecule has 0 aliphatic heterocycles. The van der Waals surface area contributed by atoms with Crippen LogP contribution < -0.4 is 0 Å². The Morgan fingerprint density at radius 3 is 0.588 bits per heavy atom. The summed E-state index contributed by atoms with van der Waals surface area (Å²) < 4.78 is 16.9. The summed E-state index contributed by atoms with van der Waals surface area (Å²) in [5.41, 5.74) is 0. The number of hydrogen-bond donors (Lipinski definition) is 0. The molecule has 1 atom stereocenters. The summed E-state index contributed by atoms with van der Waals surface area (Å²) in [7, 11) is 0. The van der Waals surface area contributed by atoms with Gasteiger partial charge < -0.3 is 14.2 Å². The Bertz CT molecular complexity index is 1010. The molecule has 0 amide bonds.